The summed E-state index contributed by atoms with van der Waals surface area (Å²) in [6.45, 7) is 3.42. The Morgan fingerprint density at radius 2 is 1.80 bits per heavy atom. The fourth-order valence-electron chi connectivity index (χ4n) is 1.99. The van der Waals surface area contributed by atoms with Gasteiger partial charge in [-0.2, -0.15) is 8.78 Å². The average Bonchev–Trinajstić information content (AvgIpc) is 2.52. The van der Waals surface area contributed by atoms with E-state index in [0.717, 1.165) is 12.1 Å². The lowest BCUT2D eigenvalue weighted by molar-refractivity contribution is -0.186. The molecular formula is C16H21F4NO3S. The van der Waals surface area contributed by atoms with Crippen molar-refractivity contribution in [3.05, 3.63) is 35.6 Å². The first-order valence-corrected chi connectivity index (χ1v) is 8.64. The van der Waals surface area contributed by atoms with E-state index in [1.54, 1.807) is 0 Å². The molecule has 0 bridgehead atoms. The van der Waals surface area contributed by atoms with Crippen LogP contribution in [-0.2, 0) is 26.1 Å². The molecule has 2 unspecified atom stereocenters. The van der Waals surface area contributed by atoms with Crippen LogP contribution in [0.15, 0.2) is 24.3 Å². The van der Waals surface area contributed by atoms with E-state index in [1.807, 2.05) is 4.72 Å². The molecule has 1 aromatic carbocycles. The maximum atomic E-state index is 14.9. The van der Waals surface area contributed by atoms with Crippen LogP contribution in [0.1, 0.15) is 33.3 Å². The number of rotatable bonds is 7. The number of hydrogen-bond donors (Lipinski definition) is 1. The molecule has 0 fully saturated rings. The molecule has 25 heavy (non-hydrogen) atoms. The average molecular weight is 383 g/mol. The number of halogens is 4. The summed E-state index contributed by atoms with van der Waals surface area (Å²) in [7, 11) is -2.23. The first-order chi connectivity index (χ1) is 11.4. The fraction of sp³-hybridized carbons (Fsp3) is 0.562. The van der Waals surface area contributed by atoms with Crippen molar-refractivity contribution in [3.8, 4) is 0 Å². The minimum Gasteiger partial charge on any atom is -0.461 e. The molecule has 1 rings (SSSR count). The van der Waals surface area contributed by atoms with Gasteiger partial charge in [-0.25, -0.2) is 22.5 Å². The molecule has 0 amide bonds. The van der Waals surface area contributed by atoms with Crippen LogP contribution in [0.5, 0.6) is 0 Å². The lowest BCUT2D eigenvalue weighted by atomic mass is 9.85. The molecule has 0 aliphatic rings. The predicted octanol–water partition coefficient (Wildman–Crippen LogP) is 3.24. The van der Waals surface area contributed by atoms with Gasteiger partial charge >= 0.3 is 11.9 Å². The van der Waals surface area contributed by atoms with Crippen molar-refractivity contribution in [2.45, 2.75) is 43.9 Å². The van der Waals surface area contributed by atoms with Crippen LogP contribution >= 0.6 is 0 Å². The third kappa shape index (κ3) is 4.20. The van der Waals surface area contributed by atoms with Gasteiger partial charge in [-0.3, -0.25) is 0 Å². The van der Waals surface area contributed by atoms with E-state index in [0.29, 0.717) is 0 Å². The lowest BCUT2D eigenvalue weighted by Gasteiger charge is -2.39. The highest BCUT2D eigenvalue weighted by molar-refractivity contribution is 7.84. The molecule has 1 aromatic rings. The van der Waals surface area contributed by atoms with E-state index in [1.165, 1.54) is 39.8 Å². The summed E-state index contributed by atoms with van der Waals surface area (Å²) in [4.78, 5) is 11.8. The van der Waals surface area contributed by atoms with Crippen LogP contribution in [0.4, 0.5) is 17.6 Å². The van der Waals surface area contributed by atoms with Gasteiger partial charge in [0.15, 0.2) is 5.54 Å². The Labute approximate surface area is 146 Å². The quantitative estimate of drug-likeness (QED) is 0.581. The number of nitrogens with one attached hydrogen (secondary N) is 1. The highest BCUT2D eigenvalue weighted by Crippen LogP contribution is 2.41. The zero-order chi connectivity index (χ0) is 19.5. The molecule has 0 heterocycles. The lowest BCUT2D eigenvalue weighted by Crippen LogP contribution is -2.63. The minimum absolute atomic E-state index is 0.379. The van der Waals surface area contributed by atoms with Gasteiger partial charge in [0.2, 0.25) is 0 Å². The number of benzene rings is 1. The Morgan fingerprint density at radius 3 is 2.24 bits per heavy atom. The normalized spacial score (nSPS) is 16.2. The Morgan fingerprint density at radius 1 is 1.24 bits per heavy atom. The maximum Gasteiger partial charge on any atom is 0.379 e. The minimum atomic E-state index is -4.51. The van der Waals surface area contributed by atoms with E-state index >= 15 is 0 Å². The van der Waals surface area contributed by atoms with Crippen molar-refractivity contribution in [1.29, 1.82) is 0 Å². The van der Waals surface area contributed by atoms with E-state index in [9.17, 15) is 26.6 Å². The van der Waals surface area contributed by atoms with E-state index < -0.39 is 51.2 Å². The molecule has 0 aliphatic heterocycles. The molecule has 1 N–H and O–H groups in total. The predicted molar refractivity (Wildman–Crippen MR) is 86.7 cm³/mol. The molecule has 2 atom stereocenters. The number of esters is 1. The van der Waals surface area contributed by atoms with Crippen molar-refractivity contribution < 1.29 is 31.3 Å². The number of carbonyl (C=O) groups excluding carboxylic acids is 1. The third-order valence-corrected chi connectivity index (χ3v) is 5.07. The van der Waals surface area contributed by atoms with Gasteiger partial charge in [-0.1, -0.05) is 18.2 Å². The molecule has 4 nitrogen and oxygen atoms in total. The Balaban J connectivity index is 3.62. The molecule has 0 saturated heterocycles. The summed E-state index contributed by atoms with van der Waals surface area (Å²) in [5, 5.41) is 0. The summed E-state index contributed by atoms with van der Waals surface area (Å²) < 4.78 is 75.5. The summed E-state index contributed by atoms with van der Waals surface area (Å²) in [5.74, 6) is -7.71. The van der Waals surface area contributed by atoms with E-state index in [2.05, 4.69) is 4.74 Å². The van der Waals surface area contributed by atoms with Crippen molar-refractivity contribution in [2.75, 3.05) is 13.3 Å². The first-order valence-electron chi connectivity index (χ1n) is 7.49. The van der Waals surface area contributed by atoms with Gasteiger partial charge in [-0.15, -0.1) is 0 Å². The molecule has 0 aliphatic carbocycles. The van der Waals surface area contributed by atoms with Gasteiger partial charge in [0, 0.05) is 5.56 Å². The maximum absolute atomic E-state index is 14.9. The van der Waals surface area contributed by atoms with Crippen molar-refractivity contribution >= 4 is 17.0 Å². The first kappa shape index (κ1) is 21.6. The standard InChI is InChI=1S/C16H21F4NO3S/c1-5-24-13(22)16(19,20)15(10-17,21-25(23)14(2,3)4)11-8-6-7-9-12(11)18/h6-9,21H,5,10H2,1-4H3. The SMILES string of the molecule is CCOC(=O)C(F)(F)C(CF)(NS(=O)C(C)(C)C)c1ccccc1F. The van der Waals surface area contributed by atoms with Crippen LogP contribution in [0.3, 0.4) is 0 Å². The molecule has 0 radical (unpaired) electrons. The molecule has 0 spiro atoms. The van der Waals surface area contributed by atoms with Crippen LogP contribution in [0.2, 0.25) is 0 Å². The molecular weight excluding hydrogens is 362 g/mol. The number of ether oxygens (including phenoxy) is 1. The van der Waals surface area contributed by atoms with Gasteiger partial charge in [0.05, 0.1) is 22.3 Å². The summed E-state index contributed by atoms with van der Waals surface area (Å²) in [6, 6.07) is 4.20. The largest absolute Gasteiger partial charge is 0.461 e. The fourth-order valence-corrected chi connectivity index (χ4v) is 2.90. The van der Waals surface area contributed by atoms with Crippen molar-refractivity contribution in [3.63, 3.8) is 0 Å². The topological polar surface area (TPSA) is 55.4 Å². The molecule has 0 saturated carbocycles. The Bertz CT molecular complexity index is 649. The smallest absolute Gasteiger partial charge is 0.379 e. The van der Waals surface area contributed by atoms with Crippen molar-refractivity contribution in [1.82, 2.24) is 4.72 Å². The van der Waals surface area contributed by atoms with Crippen LogP contribution in [-0.4, -0.2) is 34.1 Å². The monoisotopic (exact) mass is 383 g/mol. The molecule has 142 valence electrons. The number of carbonyl (C=O) groups is 1. The second-order valence-electron chi connectivity index (χ2n) is 6.30. The number of alkyl halides is 3. The number of hydrogen-bond acceptors (Lipinski definition) is 3. The van der Waals surface area contributed by atoms with Gasteiger partial charge in [0.25, 0.3) is 0 Å². The summed E-state index contributed by atoms with van der Waals surface area (Å²) >= 11 is 0. The van der Waals surface area contributed by atoms with E-state index in [4.69, 9.17) is 0 Å². The second kappa shape index (κ2) is 7.82. The van der Waals surface area contributed by atoms with Gasteiger partial charge in [0.1, 0.15) is 12.5 Å². The highest BCUT2D eigenvalue weighted by atomic mass is 32.2. The van der Waals surface area contributed by atoms with E-state index in [-0.39, 0.29) is 6.61 Å². The Kier molecular flexibility index (Phi) is 6.74. The van der Waals surface area contributed by atoms with Crippen molar-refractivity contribution in [2.24, 2.45) is 0 Å². The second-order valence-corrected chi connectivity index (χ2v) is 8.26. The highest BCUT2D eigenvalue weighted by Gasteiger charge is 2.63. The van der Waals surface area contributed by atoms with Crippen LogP contribution < -0.4 is 4.72 Å². The van der Waals surface area contributed by atoms with Gasteiger partial charge < -0.3 is 4.74 Å². The zero-order valence-corrected chi connectivity index (χ0v) is 15.2. The van der Waals surface area contributed by atoms with Crippen LogP contribution in [0.25, 0.3) is 0 Å². The summed E-state index contributed by atoms with van der Waals surface area (Å²) in [6.07, 6.45) is 0. The Hall–Kier alpha value is -1.48. The van der Waals surface area contributed by atoms with Gasteiger partial charge in [-0.05, 0) is 33.8 Å². The third-order valence-electron chi connectivity index (χ3n) is 3.43. The zero-order valence-electron chi connectivity index (χ0n) is 14.4. The molecule has 0 aromatic heterocycles. The summed E-state index contributed by atoms with van der Waals surface area (Å²) in [5.41, 5.74) is -3.99. The van der Waals surface area contributed by atoms with Crippen LogP contribution in [0, 0.1) is 5.82 Å². The molecule has 9 heteroatoms.